The number of nitrogens with two attached hydrogens (primary N) is 1. The minimum atomic E-state index is 0.423. The first-order chi connectivity index (χ1) is 8.63. The zero-order valence-electron chi connectivity index (χ0n) is 11.6. The van der Waals surface area contributed by atoms with Gasteiger partial charge in [-0.15, -0.1) is 0 Å². The predicted molar refractivity (Wildman–Crippen MR) is 76.3 cm³/mol. The summed E-state index contributed by atoms with van der Waals surface area (Å²) >= 11 is 0. The van der Waals surface area contributed by atoms with E-state index in [1.807, 2.05) is 0 Å². The molecule has 1 fully saturated rings. The smallest absolute Gasteiger partial charge is 0.142 e. The van der Waals surface area contributed by atoms with Crippen molar-refractivity contribution >= 4 is 5.69 Å². The van der Waals surface area contributed by atoms with Gasteiger partial charge < -0.3 is 15.4 Å². The van der Waals surface area contributed by atoms with Crippen LogP contribution >= 0.6 is 0 Å². The van der Waals surface area contributed by atoms with Gasteiger partial charge in [0.2, 0.25) is 0 Å². The van der Waals surface area contributed by atoms with Gasteiger partial charge >= 0.3 is 0 Å². The van der Waals surface area contributed by atoms with Crippen molar-refractivity contribution in [1.29, 1.82) is 0 Å². The highest BCUT2D eigenvalue weighted by atomic mass is 16.5. The third kappa shape index (κ3) is 2.78. The maximum atomic E-state index is 5.84. The molecule has 2 rings (SSSR count). The van der Waals surface area contributed by atoms with Gasteiger partial charge in [-0.05, 0) is 42.9 Å². The lowest BCUT2D eigenvalue weighted by molar-refractivity contribution is 0.270. The normalized spacial score (nSPS) is 22.4. The van der Waals surface area contributed by atoms with Gasteiger partial charge in [0.1, 0.15) is 5.75 Å². The molecule has 0 bridgehead atoms. The van der Waals surface area contributed by atoms with Crippen LogP contribution in [0.25, 0.3) is 0 Å². The van der Waals surface area contributed by atoms with Gasteiger partial charge in [0.15, 0.2) is 0 Å². The lowest BCUT2D eigenvalue weighted by atomic mass is 9.80. The molecule has 2 N–H and O–H groups in total. The molecule has 0 heterocycles. The van der Waals surface area contributed by atoms with E-state index in [0.717, 1.165) is 37.5 Å². The second-order valence-electron chi connectivity index (χ2n) is 5.34. The average molecular weight is 248 g/mol. The van der Waals surface area contributed by atoms with Crippen molar-refractivity contribution in [3.05, 3.63) is 23.8 Å². The molecule has 3 heteroatoms. The number of hydrogen-bond donors (Lipinski definition) is 1. The van der Waals surface area contributed by atoms with Crippen LogP contribution in [0, 0.1) is 5.92 Å². The Labute approximate surface area is 110 Å². The Balaban J connectivity index is 2.09. The van der Waals surface area contributed by atoms with Crippen molar-refractivity contribution in [2.45, 2.75) is 32.2 Å². The van der Waals surface area contributed by atoms with Crippen molar-refractivity contribution in [2.24, 2.45) is 11.7 Å². The highest BCUT2D eigenvalue weighted by molar-refractivity contribution is 5.59. The van der Waals surface area contributed by atoms with E-state index in [0.29, 0.717) is 6.04 Å². The molecule has 18 heavy (non-hydrogen) atoms. The molecule has 1 aliphatic carbocycles. The zero-order valence-corrected chi connectivity index (χ0v) is 11.6. The van der Waals surface area contributed by atoms with Crippen LogP contribution in [0.2, 0.25) is 0 Å². The predicted octanol–water partition coefficient (Wildman–Crippen LogP) is 2.43. The Kier molecular flexibility index (Phi) is 4.12. The molecule has 1 aliphatic rings. The van der Waals surface area contributed by atoms with Crippen LogP contribution in [0.1, 0.15) is 25.3 Å². The van der Waals surface area contributed by atoms with Crippen LogP contribution in [-0.2, 0) is 6.42 Å². The number of rotatable bonds is 5. The van der Waals surface area contributed by atoms with E-state index in [-0.39, 0.29) is 0 Å². The summed E-state index contributed by atoms with van der Waals surface area (Å²) in [5, 5.41) is 0. The Hall–Kier alpha value is -1.22. The van der Waals surface area contributed by atoms with E-state index in [1.165, 1.54) is 11.3 Å². The van der Waals surface area contributed by atoms with Gasteiger partial charge in [-0.2, -0.15) is 0 Å². The van der Waals surface area contributed by atoms with Crippen molar-refractivity contribution in [3.63, 3.8) is 0 Å². The van der Waals surface area contributed by atoms with Gasteiger partial charge in [-0.25, -0.2) is 0 Å². The molecule has 0 atom stereocenters. The van der Waals surface area contributed by atoms with Crippen molar-refractivity contribution in [1.82, 2.24) is 0 Å². The first-order valence-electron chi connectivity index (χ1n) is 6.77. The van der Waals surface area contributed by atoms with Gasteiger partial charge in [0.25, 0.3) is 0 Å². The van der Waals surface area contributed by atoms with Crippen LogP contribution < -0.4 is 15.4 Å². The largest absolute Gasteiger partial charge is 0.495 e. The number of aryl methyl sites for hydroxylation is 1. The summed E-state index contributed by atoms with van der Waals surface area (Å²) in [5.74, 6) is 1.69. The molecule has 100 valence electrons. The van der Waals surface area contributed by atoms with Crippen LogP contribution in [0.4, 0.5) is 5.69 Å². The van der Waals surface area contributed by atoms with Crippen LogP contribution in [0.3, 0.4) is 0 Å². The third-order valence-electron chi connectivity index (χ3n) is 3.87. The molecule has 0 aromatic heterocycles. The van der Waals surface area contributed by atoms with E-state index in [1.54, 1.807) is 7.11 Å². The summed E-state index contributed by atoms with van der Waals surface area (Å²) in [6.07, 6.45) is 3.36. The van der Waals surface area contributed by atoms with Crippen molar-refractivity contribution in [3.8, 4) is 5.75 Å². The topological polar surface area (TPSA) is 38.5 Å². The monoisotopic (exact) mass is 248 g/mol. The number of hydrogen-bond acceptors (Lipinski definition) is 3. The Morgan fingerprint density at radius 3 is 2.67 bits per heavy atom. The molecule has 0 spiro atoms. The molecule has 3 nitrogen and oxygen atoms in total. The highest BCUT2D eigenvalue weighted by Crippen LogP contribution is 2.32. The lowest BCUT2D eigenvalue weighted by Gasteiger charge is -2.36. The summed E-state index contributed by atoms with van der Waals surface area (Å²) < 4.78 is 5.45. The van der Waals surface area contributed by atoms with Crippen LogP contribution in [-0.4, -0.2) is 26.7 Å². The zero-order chi connectivity index (χ0) is 13.1. The SMILES string of the molecule is CCc1ccc(OC)c(N(C)CC2CC(N)C2)c1. The number of methoxy groups -OCH3 is 1. The summed E-state index contributed by atoms with van der Waals surface area (Å²) in [6.45, 7) is 3.24. The molecule has 1 saturated carbocycles. The molecular weight excluding hydrogens is 224 g/mol. The molecule has 0 unspecified atom stereocenters. The first-order valence-corrected chi connectivity index (χ1v) is 6.77. The number of ether oxygens (including phenoxy) is 1. The molecular formula is C15H24N2O. The molecule has 0 amide bonds. The molecule has 1 aromatic carbocycles. The summed E-state index contributed by atoms with van der Waals surface area (Å²) in [5.41, 5.74) is 8.38. The van der Waals surface area contributed by atoms with Crippen LogP contribution in [0.5, 0.6) is 5.75 Å². The third-order valence-corrected chi connectivity index (χ3v) is 3.87. The number of anilines is 1. The standard InChI is InChI=1S/C15H24N2O/c1-4-11-5-6-15(18-3)14(9-11)17(2)10-12-7-13(16)8-12/h5-6,9,12-13H,4,7-8,10,16H2,1-3H3. The van der Waals surface area contributed by atoms with Crippen LogP contribution in [0.15, 0.2) is 18.2 Å². The number of nitrogens with zero attached hydrogens (tertiary/aromatic N) is 1. The molecule has 0 radical (unpaired) electrons. The minimum Gasteiger partial charge on any atom is -0.495 e. The molecule has 0 saturated heterocycles. The van der Waals surface area contributed by atoms with Gasteiger partial charge in [-0.1, -0.05) is 13.0 Å². The van der Waals surface area contributed by atoms with Gasteiger partial charge in [0, 0.05) is 19.6 Å². The van der Waals surface area contributed by atoms with Gasteiger partial charge in [-0.3, -0.25) is 0 Å². The fraction of sp³-hybridized carbons (Fsp3) is 0.600. The molecule has 0 aliphatic heterocycles. The summed E-state index contributed by atoms with van der Waals surface area (Å²) in [6, 6.07) is 6.86. The quantitative estimate of drug-likeness (QED) is 0.869. The van der Waals surface area contributed by atoms with E-state index in [4.69, 9.17) is 10.5 Å². The first kappa shape index (κ1) is 13.2. The summed E-state index contributed by atoms with van der Waals surface area (Å²) in [4.78, 5) is 2.30. The number of benzene rings is 1. The fourth-order valence-corrected chi connectivity index (χ4v) is 2.68. The average Bonchev–Trinajstić information content (AvgIpc) is 2.36. The Morgan fingerprint density at radius 2 is 2.11 bits per heavy atom. The van der Waals surface area contributed by atoms with E-state index in [9.17, 15) is 0 Å². The van der Waals surface area contributed by atoms with E-state index < -0.39 is 0 Å². The van der Waals surface area contributed by atoms with E-state index >= 15 is 0 Å². The lowest BCUT2D eigenvalue weighted by Crippen LogP contribution is -2.42. The Morgan fingerprint density at radius 1 is 1.39 bits per heavy atom. The second kappa shape index (κ2) is 5.61. The highest BCUT2D eigenvalue weighted by Gasteiger charge is 2.27. The van der Waals surface area contributed by atoms with Gasteiger partial charge in [0.05, 0.1) is 12.8 Å². The van der Waals surface area contributed by atoms with E-state index in [2.05, 4.69) is 37.1 Å². The summed E-state index contributed by atoms with van der Waals surface area (Å²) in [7, 11) is 3.87. The minimum absolute atomic E-state index is 0.423. The van der Waals surface area contributed by atoms with Crippen molar-refractivity contribution < 1.29 is 4.74 Å². The van der Waals surface area contributed by atoms with Crippen molar-refractivity contribution in [2.75, 3.05) is 25.6 Å². The maximum absolute atomic E-state index is 5.84. The second-order valence-corrected chi connectivity index (χ2v) is 5.34. The molecule has 1 aromatic rings. The maximum Gasteiger partial charge on any atom is 0.142 e. The Bertz CT molecular complexity index is 399. The fourth-order valence-electron chi connectivity index (χ4n) is 2.68.